The van der Waals surface area contributed by atoms with Crippen molar-refractivity contribution in [3.8, 4) is 0 Å². The molecule has 2 rings (SSSR count). The van der Waals surface area contributed by atoms with E-state index < -0.39 is 0 Å². The molecule has 0 aliphatic rings. The SMILES string of the molecule is C=CCSc1ccccc1NC(=O)c1cccc(Br)c1C. The van der Waals surface area contributed by atoms with Gasteiger partial charge in [0.2, 0.25) is 0 Å². The molecule has 0 fully saturated rings. The van der Waals surface area contributed by atoms with Gasteiger partial charge in [0.1, 0.15) is 0 Å². The lowest BCUT2D eigenvalue weighted by Gasteiger charge is -2.12. The van der Waals surface area contributed by atoms with E-state index in [2.05, 4.69) is 27.8 Å². The Hall–Kier alpha value is -1.52. The van der Waals surface area contributed by atoms with Gasteiger partial charge < -0.3 is 5.32 Å². The molecule has 0 saturated heterocycles. The van der Waals surface area contributed by atoms with Gasteiger partial charge in [0.15, 0.2) is 0 Å². The number of amides is 1. The molecule has 0 spiro atoms. The summed E-state index contributed by atoms with van der Waals surface area (Å²) in [5, 5.41) is 2.99. The van der Waals surface area contributed by atoms with Crippen LogP contribution in [0.5, 0.6) is 0 Å². The summed E-state index contributed by atoms with van der Waals surface area (Å²) in [6, 6.07) is 13.4. The Kier molecular flexibility index (Phi) is 5.65. The summed E-state index contributed by atoms with van der Waals surface area (Å²) in [5.41, 5.74) is 2.44. The molecule has 0 aromatic heterocycles. The summed E-state index contributed by atoms with van der Waals surface area (Å²) < 4.78 is 0.935. The van der Waals surface area contributed by atoms with E-state index in [-0.39, 0.29) is 5.91 Å². The number of nitrogens with one attached hydrogen (secondary N) is 1. The largest absolute Gasteiger partial charge is 0.321 e. The van der Waals surface area contributed by atoms with Gasteiger partial charge in [-0.1, -0.05) is 40.2 Å². The highest BCUT2D eigenvalue weighted by Gasteiger charge is 2.12. The van der Waals surface area contributed by atoms with Crippen LogP contribution < -0.4 is 5.32 Å². The number of anilines is 1. The number of thioether (sulfide) groups is 1. The fourth-order valence-electron chi connectivity index (χ4n) is 1.89. The smallest absolute Gasteiger partial charge is 0.255 e. The molecule has 0 radical (unpaired) electrons. The van der Waals surface area contributed by atoms with Crippen LogP contribution in [-0.4, -0.2) is 11.7 Å². The second kappa shape index (κ2) is 7.48. The standard InChI is InChI=1S/C17H16BrNOS/c1-3-11-21-16-10-5-4-9-15(16)19-17(20)13-7-6-8-14(18)12(13)2/h3-10H,1,11H2,2H3,(H,19,20). The zero-order valence-corrected chi connectivity index (χ0v) is 14.1. The first-order valence-electron chi connectivity index (χ1n) is 6.52. The molecule has 2 aromatic rings. The molecule has 1 N–H and O–H groups in total. The molecule has 0 bridgehead atoms. The van der Waals surface area contributed by atoms with Crippen molar-refractivity contribution < 1.29 is 4.79 Å². The first-order valence-corrected chi connectivity index (χ1v) is 8.30. The maximum absolute atomic E-state index is 12.5. The van der Waals surface area contributed by atoms with Gasteiger partial charge in [0.05, 0.1) is 5.69 Å². The number of halogens is 1. The van der Waals surface area contributed by atoms with Crippen molar-refractivity contribution in [2.24, 2.45) is 0 Å². The zero-order valence-electron chi connectivity index (χ0n) is 11.7. The Morgan fingerprint density at radius 3 is 2.81 bits per heavy atom. The summed E-state index contributed by atoms with van der Waals surface area (Å²) >= 11 is 5.10. The highest BCUT2D eigenvalue weighted by Crippen LogP contribution is 2.28. The first kappa shape index (κ1) is 15.9. The van der Waals surface area contributed by atoms with Crippen molar-refractivity contribution in [2.75, 3.05) is 11.1 Å². The predicted molar refractivity (Wildman–Crippen MR) is 94.2 cm³/mol. The number of carbonyl (C=O) groups excluding carboxylic acids is 1. The topological polar surface area (TPSA) is 29.1 Å². The third-order valence-electron chi connectivity index (χ3n) is 3.00. The lowest BCUT2D eigenvalue weighted by atomic mass is 10.1. The van der Waals surface area contributed by atoms with Gasteiger partial charge >= 0.3 is 0 Å². The van der Waals surface area contributed by atoms with Crippen molar-refractivity contribution in [1.82, 2.24) is 0 Å². The van der Waals surface area contributed by atoms with Crippen molar-refractivity contribution in [3.63, 3.8) is 0 Å². The van der Waals surface area contributed by atoms with Crippen molar-refractivity contribution >= 4 is 39.3 Å². The van der Waals surface area contributed by atoms with Gasteiger partial charge in [-0.25, -0.2) is 0 Å². The summed E-state index contributed by atoms with van der Waals surface area (Å²) in [5.74, 6) is 0.712. The van der Waals surface area contributed by atoms with Crippen molar-refractivity contribution in [1.29, 1.82) is 0 Å². The molecule has 1 amide bonds. The normalized spacial score (nSPS) is 10.2. The molecule has 2 aromatic carbocycles. The van der Waals surface area contributed by atoms with E-state index in [1.807, 2.05) is 55.5 Å². The maximum atomic E-state index is 12.5. The van der Waals surface area contributed by atoms with Gasteiger partial charge in [0, 0.05) is 20.7 Å². The van der Waals surface area contributed by atoms with E-state index in [4.69, 9.17) is 0 Å². The molecule has 0 aliphatic carbocycles. The van der Waals surface area contributed by atoms with E-state index >= 15 is 0 Å². The fourth-order valence-corrected chi connectivity index (χ4v) is 3.00. The van der Waals surface area contributed by atoms with Gasteiger partial charge in [-0.15, -0.1) is 18.3 Å². The van der Waals surface area contributed by atoms with Crippen LogP contribution in [0.1, 0.15) is 15.9 Å². The number of hydrogen-bond donors (Lipinski definition) is 1. The molecule has 0 atom stereocenters. The number of para-hydroxylation sites is 1. The molecule has 0 aliphatic heterocycles. The first-order chi connectivity index (χ1) is 10.1. The maximum Gasteiger partial charge on any atom is 0.255 e. The highest BCUT2D eigenvalue weighted by molar-refractivity contribution is 9.10. The average molecular weight is 362 g/mol. The molecule has 4 heteroatoms. The Morgan fingerprint density at radius 1 is 1.29 bits per heavy atom. The van der Waals surface area contributed by atoms with Crippen LogP contribution in [0.3, 0.4) is 0 Å². The minimum absolute atomic E-state index is 0.0968. The highest BCUT2D eigenvalue weighted by atomic mass is 79.9. The molecule has 2 nitrogen and oxygen atoms in total. The van der Waals surface area contributed by atoms with E-state index in [1.165, 1.54) is 0 Å². The Bertz CT molecular complexity index is 670. The number of hydrogen-bond acceptors (Lipinski definition) is 2. The van der Waals surface area contributed by atoms with E-state index in [0.29, 0.717) is 5.56 Å². The second-order valence-corrected chi connectivity index (χ2v) is 6.38. The average Bonchev–Trinajstić information content (AvgIpc) is 2.49. The zero-order chi connectivity index (χ0) is 15.2. The fraction of sp³-hybridized carbons (Fsp3) is 0.118. The Balaban J connectivity index is 2.23. The lowest BCUT2D eigenvalue weighted by molar-refractivity contribution is 0.102. The van der Waals surface area contributed by atoms with Crippen LogP contribution in [0.2, 0.25) is 0 Å². The quantitative estimate of drug-likeness (QED) is 0.579. The summed E-state index contributed by atoms with van der Waals surface area (Å²) in [4.78, 5) is 13.5. The van der Waals surface area contributed by atoms with Crippen LogP contribution in [0, 0.1) is 6.92 Å². The summed E-state index contributed by atoms with van der Waals surface area (Å²) in [7, 11) is 0. The lowest BCUT2D eigenvalue weighted by Crippen LogP contribution is -2.14. The van der Waals surface area contributed by atoms with E-state index in [1.54, 1.807) is 11.8 Å². The summed E-state index contributed by atoms with van der Waals surface area (Å²) in [6.07, 6.45) is 1.85. The third kappa shape index (κ3) is 3.99. The molecule has 108 valence electrons. The number of rotatable bonds is 5. The molecular formula is C17H16BrNOS. The number of benzene rings is 2. The van der Waals surface area contributed by atoms with Crippen molar-refractivity contribution in [2.45, 2.75) is 11.8 Å². The monoisotopic (exact) mass is 361 g/mol. The third-order valence-corrected chi connectivity index (χ3v) is 4.93. The van der Waals surface area contributed by atoms with E-state index in [9.17, 15) is 4.79 Å². The minimum Gasteiger partial charge on any atom is -0.321 e. The Morgan fingerprint density at radius 2 is 2.05 bits per heavy atom. The van der Waals surface area contributed by atoms with Gasteiger partial charge in [-0.2, -0.15) is 0 Å². The van der Waals surface area contributed by atoms with Gasteiger partial charge in [-0.05, 0) is 36.8 Å². The van der Waals surface area contributed by atoms with Gasteiger partial charge in [0.25, 0.3) is 5.91 Å². The van der Waals surface area contributed by atoms with Crippen LogP contribution in [0.25, 0.3) is 0 Å². The molecule has 21 heavy (non-hydrogen) atoms. The summed E-state index contributed by atoms with van der Waals surface area (Å²) in [6.45, 7) is 5.65. The van der Waals surface area contributed by atoms with Gasteiger partial charge in [-0.3, -0.25) is 4.79 Å². The molecule has 0 saturated carbocycles. The molecule has 0 heterocycles. The minimum atomic E-state index is -0.0968. The molecular weight excluding hydrogens is 346 g/mol. The second-order valence-electron chi connectivity index (χ2n) is 4.46. The van der Waals surface area contributed by atoms with Crippen LogP contribution in [0.15, 0.2) is 64.5 Å². The number of carbonyl (C=O) groups is 1. The van der Waals surface area contributed by atoms with Crippen LogP contribution >= 0.6 is 27.7 Å². The molecule has 0 unspecified atom stereocenters. The predicted octanol–water partition coefficient (Wildman–Crippen LogP) is 5.29. The van der Waals surface area contributed by atoms with E-state index in [0.717, 1.165) is 26.4 Å². The van der Waals surface area contributed by atoms with Crippen LogP contribution in [-0.2, 0) is 0 Å². The van der Waals surface area contributed by atoms with Crippen molar-refractivity contribution in [3.05, 3.63) is 70.7 Å². The Labute approximate surface area is 137 Å². The van der Waals surface area contributed by atoms with Crippen LogP contribution in [0.4, 0.5) is 5.69 Å².